The zero-order valence-corrected chi connectivity index (χ0v) is 15.3. The topological polar surface area (TPSA) is 12.9 Å². The van der Waals surface area contributed by atoms with Crippen LogP contribution in [0.25, 0.3) is 10.9 Å². The van der Waals surface area contributed by atoms with Gasteiger partial charge in [-0.1, -0.05) is 66.7 Å². The molecule has 0 fully saturated rings. The molecular weight excluding hydrogens is 334 g/mol. The molecule has 0 N–H and O–H groups in total. The van der Waals surface area contributed by atoms with E-state index in [1.807, 2.05) is 6.07 Å². The van der Waals surface area contributed by atoms with Gasteiger partial charge < -0.3 is 0 Å². The lowest BCUT2D eigenvalue weighted by Crippen LogP contribution is -2.10. The Bertz CT molecular complexity index is 1120. The summed E-state index contributed by atoms with van der Waals surface area (Å²) in [7, 11) is 0. The molecule has 0 aliphatic heterocycles. The zero-order chi connectivity index (χ0) is 17.5. The molecule has 1 aromatic heterocycles. The first-order valence-corrected chi connectivity index (χ1v) is 9.52. The smallest absolute Gasteiger partial charge is 0.0705 e. The highest BCUT2D eigenvalue weighted by atomic mass is 32.1. The van der Waals surface area contributed by atoms with Crippen LogP contribution < -0.4 is 0 Å². The summed E-state index contributed by atoms with van der Waals surface area (Å²) in [5.41, 5.74) is 8.92. The average Bonchev–Trinajstić information content (AvgIpc) is 2.69. The predicted octanol–water partition coefficient (Wildman–Crippen LogP) is 5.75. The van der Waals surface area contributed by atoms with Gasteiger partial charge in [-0.25, -0.2) is 0 Å². The standard InChI is InChI=1S/C24H19NS/c26-24-21-7-3-1-6-18(21)15-19-10-9-16(14-22(19)24)13-20-12-11-17-5-2-4-8-23(17)25-20/h1-12,14,24,26H,13,15H2. The van der Waals surface area contributed by atoms with Crippen molar-refractivity contribution in [1.29, 1.82) is 0 Å². The van der Waals surface area contributed by atoms with E-state index in [9.17, 15) is 0 Å². The molecule has 1 nitrogen and oxygen atoms in total. The molecule has 4 aromatic rings. The molecule has 26 heavy (non-hydrogen) atoms. The molecule has 1 aliphatic rings. The Kier molecular flexibility index (Phi) is 3.79. The van der Waals surface area contributed by atoms with Gasteiger partial charge in [0.25, 0.3) is 0 Å². The van der Waals surface area contributed by atoms with E-state index in [-0.39, 0.29) is 5.25 Å². The lowest BCUT2D eigenvalue weighted by atomic mass is 9.84. The highest BCUT2D eigenvalue weighted by Gasteiger charge is 2.22. The van der Waals surface area contributed by atoms with Crippen LogP contribution in [0.5, 0.6) is 0 Å². The van der Waals surface area contributed by atoms with Gasteiger partial charge in [-0.15, -0.1) is 0 Å². The van der Waals surface area contributed by atoms with Crippen molar-refractivity contribution in [2.45, 2.75) is 18.1 Å². The van der Waals surface area contributed by atoms with Crippen molar-refractivity contribution in [3.05, 3.63) is 112 Å². The van der Waals surface area contributed by atoms with Crippen LogP contribution in [0.4, 0.5) is 0 Å². The first-order chi connectivity index (χ1) is 12.8. The van der Waals surface area contributed by atoms with E-state index in [2.05, 4.69) is 72.8 Å². The van der Waals surface area contributed by atoms with Crippen LogP contribution in [0.2, 0.25) is 0 Å². The molecule has 2 heteroatoms. The summed E-state index contributed by atoms with van der Waals surface area (Å²) in [6.07, 6.45) is 1.84. The largest absolute Gasteiger partial charge is 0.252 e. The average molecular weight is 353 g/mol. The Balaban J connectivity index is 1.49. The van der Waals surface area contributed by atoms with E-state index >= 15 is 0 Å². The van der Waals surface area contributed by atoms with Gasteiger partial charge in [-0.2, -0.15) is 12.6 Å². The van der Waals surface area contributed by atoms with Crippen molar-refractivity contribution in [3.63, 3.8) is 0 Å². The number of hydrogen-bond acceptors (Lipinski definition) is 2. The first kappa shape index (κ1) is 15.7. The Morgan fingerprint density at radius 2 is 1.62 bits per heavy atom. The van der Waals surface area contributed by atoms with Gasteiger partial charge in [-0.05, 0) is 46.4 Å². The van der Waals surface area contributed by atoms with Gasteiger partial charge >= 0.3 is 0 Å². The number of fused-ring (bicyclic) bond motifs is 3. The minimum atomic E-state index is 0.152. The maximum Gasteiger partial charge on any atom is 0.0705 e. The highest BCUT2D eigenvalue weighted by molar-refractivity contribution is 7.80. The molecule has 0 spiro atoms. The summed E-state index contributed by atoms with van der Waals surface area (Å²) in [6, 6.07) is 28.0. The second kappa shape index (κ2) is 6.30. The third kappa shape index (κ3) is 2.71. The number of rotatable bonds is 2. The Morgan fingerprint density at radius 1 is 0.808 bits per heavy atom. The Labute approximate surface area is 159 Å². The van der Waals surface area contributed by atoms with E-state index in [0.29, 0.717) is 0 Å². The van der Waals surface area contributed by atoms with Gasteiger partial charge in [0, 0.05) is 17.5 Å². The molecule has 1 heterocycles. The summed E-state index contributed by atoms with van der Waals surface area (Å²) >= 11 is 4.93. The van der Waals surface area contributed by atoms with Gasteiger partial charge in [-0.3, -0.25) is 4.98 Å². The van der Waals surface area contributed by atoms with Crippen LogP contribution >= 0.6 is 12.6 Å². The predicted molar refractivity (Wildman–Crippen MR) is 111 cm³/mol. The summed E-state index contributed by atoms with van der Waals surface area (Å²) in [5.74, 6) is 0. The van der Waals surface area contributed by atoms with E-state index in [1.165, 1.54) is 33.2 Å². The van der Waals surface area contributed by atoms with Crippen LogP contribution in [0.1, 0.15) is 38.8 Å². The van der Waals surface area contributed by atoms with Gasteiger partial charge in [0.15, 0.2) is 0 Å². The second-order valence-electron chi connectivity index (χ2n) is 6.98. The minimum absolute atomic E-state index is 0.152. The summed E-state index contributed by atoms with van der Waals surface area (Å²) in [5, 5.41) is 1.34. The lowest BCUT2D eigenvalue weighted by Gasteiger charge is -2.25. The zero-order valence-electron chi connectivity index (χ0n) is 14.4. The second-order valence-corrected chi connectivity index (χ2v) is 7.50. The van der Waals surface area contributed by atoms with E-state index in [0.717, 1.165) is 24.1 Å². The molecule has 126 valence electrons. The van der Waals surface area contributed by atoms with Crippen LogP contribution in [0.3, 0.4) is 0 Å². The highest BCUT2D eigenvalue weighted by Crippen LogP contribution is 2.39. The normalized spacial score (nSPS) is 15.5. The van der Waals surface area contributed by atoms with Crippen LogP contribution in [0, 0.1) is 0 Å². The van der Waals surface area contributed by atoms with Gasteiger partial charge in [0.1, 0.15) is 0 Å². The van der Waals surface area contributed by atoms with Crippen molar-refractivity contribution in [3.8, 4) is 0 Å². The fourth-order valence-corrected chi connectivity index (χ4v) is 4.41. The molecule has 1 unspecified atom stereocenters. The molecular formula is C24H19NS. The number of thiol groups is 1. The van der Waals surface area contributed by atoms with Gasteiger partial charge in [0.05, 0.1) is 10.8 Å². The quantitative estimate of drug-likeness (QED) is 0.453. The summed E-state index contributed by atoms with van der Waals surface area (Å²) in [6.45, 7) is 0. The van der Waals surface area contributed by atoms with Crippen LogP contribution in [0.15, 0.2) is 78.9 Å². The fourth-order valence-electron chi connectivity index (χ4n) is 3.92. The third-order valence-electron chi connectivity index (χ3n) is 5.28. The SMILES string of the molecule is SC1c2ccccc2Cc2ccc(Cc3ccc4ccccc4n3)cc21. The maximum atomic E-state index is 4.93. The number of benzene rings is 3. The number of hydrogen-bond donors (Lipinski definition) is 1. The Morgan fingerprint density at radius 3 is 2.58 bits per heavy atom. The molecule has 5 rings (SSSR count). The van der Waals surface area contributed by atoms with E-state index in [4.69, 9.17) is 17.6 Å². The third-order valence-corrected chi connectivity index (χ3v) is 5.83. The monoisotopic (exact) mass is 353 g/mol. The lowest BCUT2D eigenvalue weighted by molar-refractivity contribution is 0.975. The molecule has 1 aliphatic carbocycles. The fraction of sp³-hybridized carbons (Fsp3) is 0.125. The Hall–Kier alpha value is -2.58. The van der Waals surface area contributed by atoms with Crippen molar-refractivity contribution < 1.29 is 0 Å². The van der Waals surface area contributed by atoms with Crippen LogP contribution in [-0.2, 0) is 12.8 Å². The molecule has 0 saturated carbocycles. The van der Waals surface area contributed by atoms with Gasteiger partial charge in [0.2, 0.25) is 0 Å². The maximum absolute atomic E-state index is 4.93. The number of nitrogens with zero attached hydrogens (tertiary/aromatic N) is 1. The van der Waals surface area contributed by atoms with Crippen molar-refractivity contribution >= 4 is 23.5 Å². The summed E-state index contributed by atoms with van der Waals surface area (Å²) in [4.78, 5) is 4.82. The molecule has 3 aromatic carbocycles. The van der Waals surface area contributed by atoms with E-state index in [1.54, 1.807) is 0 Å². The van der Waals surface area contributed by atoms with Crippen LogP contribution in [-0.4, -0.2) is 4.98 Å². The molecule has 0 bridgehead atoms. The molecule has 0 amide bonds. The minimum Gasteiger partial charge on any atom is -0.252 e. The molecule has 1 atom stereocenters. The number of aromatic nitrogens is 1. The van der Waals surface area contributed by atoms with Crippen molar-refractivity contribution in [2.75, 3.05) is 0 Å². The number of para-hydroxylation sites is 1. The molecule has 0 saturated heterocycles. The summed E-state index contributed by atoms with van der Waals surface area (Å²) < 4.78 is 0. The molecule has 0 radical (unpaired) electrons. The van der Waals surface area contributed by atoms with Crippen molar-refractivity contribution in [1.82, 2.24) is 4.98 Å². The first-order valence-electron chi connectivity index (χ1n) is 9.00. The van der Waals surface area contributed by atoms with E-state index < -0.39 is 0 Å². The van der Waals surface area contributed by atoms with Crippen molar-refractivity contribution in [2.24, 2.45) is 0 Å². The number of pyridine rings is 1.